The van der Waals surface area contributed by atoms with Gasteiger partial charge in [0.25, 0.3) is 11.8 Å². The zero-order valence-corrected chi connectivity index (χ0v) is 14.6. The van der Waals surface area contributed by atoms with Crippen molar-refractivity contribution in [3.63, 3.8) is 0 Å². The van der Waals surface area contributed by atoms with E-state index in [0.717, 1.165) is 0 Å². The molecule has 122 valence electrons. The highest BCUT2D eigenvalue weighted by atomic mass is 79.9. The number of carboxylic acid groups (broad SMARTS) is 1. The minimum atomic E-state index is -1.12. The number of carbonyl (C=O) groups excluding carboxylic acids is 2. The van der Waals surface area contributed by atoms with Gasteiger partial charge in [0.15, 0.2) is 0 Å². The normalized spacial score (nSPS) is 23.4. The summed E-state index contributed by atoms with van der Waals surface area (Å²) in [7, 11) is 1.62. The molecule has 0 aliphatic carbocycles. The van der Waals surface area contributed by atoms with Crippen molar-refractivity contribution in [2.75, 3.05) is 5.75 Å². The van der Waals surface area contributed by atoms with Crippen LogP contribution in [0.3, 0.4) is 0 Å². The molecule has 2 amide bonds. The highest BCUT2D eigenvalue weighted by Gasteiger charge is 2.53. The van der Waals surface area contributed by atoms with Gasteiger partial charge in [-0.25, -0.2) is 4.79 Å². The number of nitrogens with zero attached hydrogens (tertiary/aromatic N) is 3. The fraction of sp³-hybridized carbons (Fsp3) is 0.385. The molecule has 10 heteroatoms. The van der Waals surface area contributed by atoms with Gasteiger partial charge in [-0.15, -0.1) is 11.8 Å². The molecule has 1 aromatic rings. The molecule has 2 atom stereocenters. The fourth-order valence-electron chi connectivity index (χ4n) is 2.65. The van der Waals surface area contributed by atoms with Gasteiger partial charge < -0.3 is 10.4 Å². The van der Waals surface area contributed by atoms with Gasteiger partial charge in [-0.1, -0.05) is 0 Å². The van der Waals surface area contributed by atoms with Crippen molar-refractivity contribution in [1.82, 2.24) is 20.0 Å². The molecule has 2 aliphatic rings. The fourth-order valence-corrected chi connectivity index (χ4v) is 4.47. The molecule has 1 fully saturated rings. The number of rotatable bonds is 3. The lowest BCUT2D eigenvalue weighted by molar-refractivity contribution is -0.148. The number of carboxylic acids is 1. The Morgan fingerprint density at radius 1 is 1.52 bits per heavy atom. The van der Waals surface area contributed by atoms with Gasteiger partial charge in [-0.2, -0.15) is 5.10 Å². The monoisotopic (exact) mass is 400 g/mol. The average Bonchev–Trinajstić information content (AvgIpc) is 2.83. The standard InChI is InChI=1S/C13H13BrN4O4S/c1-5-4-23-12-7(11(20)18(12)8(5)13(21)22)16-10(19)9-6(14)3-15-17(9)2/h3,7,12H,4H2,1-2H3,(H,16,19)(H,21,22)/t7-,12+/m0/s1. The van der Waals surface area contributed by atoms with Gasteiger partial charge in [0, 0.05) is 12.8 Å². The Bertz CT molecular complexity index is 740. The smallest absolute Gasteiger partial charge is 0.352 e. The Labute approximate surface area is 144 Å². The van der Waals surface area contributed by atoms with E-state index in [4.69, 9.17) is 0 Å². The number of aromatic nitrogens is 2. The van der Waals surface area contributed by atoms with Crippen LogP contribution in [0.15, 0.2) is 21.9 Å². The number of thioether (sulfide) groups is 1. The predicted molar refractivity (Wildman–Crippen MR) is 85.6 cm³/mol. The third kappa shape index (κ3) is 2.45. The number of nitrogens with one attached hydrogen (secondary N) is 1. The van der Waals surface area contributed by atoms with E-state index in [2.05, 4.69) is 26.3 Å². The zero-order valence-electron chi connectivity index (χ0n) is 12.2. The second-order valence-electron chi connectivity index (χ2n) is 5.26. The molecule has 3 rings (SSSR count). The molecule has 23 heavy (non-hydrogen) atoms. The predicted octanol–water partition coefficient (Wildman–Crippen LogP) is 0.555. The number of halogens is 1. The first kappa shape index (κ1) is 16.1. The van der Waals surface area contributed by atoms with Crippen LogP contribution in [-0.2, 0) is 16.6 Å². The molecule has 2 aliphatic heterocycles. The van der Waals surface area contributed by atoms with Crippen molar-refractivity contribution in [2.45, 2.75) is 18.3 Å². The van der Waals surface area contributed by atoms with Gasteiger partial charge in [-0.05, 0) is 28.4 Å². The van der Waals surface area contributed by atoms with Gasteiger partial charge in [-0.3, -0.25) is 19.2 Å². The maximum absolute atomic E-state index is 12.3. The summed E-state index contributed by atoms with van der Waals surface area (Å²) in [6, 6.07) is -0.739. The van der Waals surface area contributed by atoms with E-state index in [1.165, 1.54) is 27.5 Å². The highest BCUT2D eigenvalue weighted by Crippen LogP contribution is 2.40. The topological polar surface area (TPSA) is 105 Å². The minimum Gasteiger partial charge on any atom is -0.477 e. The van der Waals surface area contributed by atoms with Gasteiger partial charge in [0.1, 0.15) is 22.8 Å². The van der Waals surface area contributed by atoms with Crippen LogP contribution in [0.4, 0.5) is 0 Å². The Morgan fingerprint density at radius 2 is 2.22 bits per heavy atom. The zero-order chi connectivity index (χ0) is 16.9. The lowest BCUT2D eigenvalue weighted by atomic mass is 10.0. The summed E-state index contributed by atoms with van der Waals surface area (Å²) in [5.41, 5.74) is 0.972. The van der Waals surface area contributed by atoms with Crippen LogP contribution in [0, 0.1) is 0 Å². The summed E-state index contributed by atoms with van der Waals surface area (Å²) in [5.74, 6) is -1.46. The highest BCUT2D eigenvalue weighted by molar-refractivity contribution is 9.10. The summed E-state index contributed by atoms with van der Waals surface area (Å²) < 4.78 is 1.93. The first-order valence-corrected chi connectivity index (χ1v) is 8.53. The molecule has 8 nitrogen and oxygen atoms in total. The van der Waals surface area contributed by atoms with Crippen molar-refractivity contribution in [2.24, 2.45) is 7.05 Å². The van der Waals surface area contributed by atoms with Crippen LogP contribution in [-0.4, -0.2) is 54.7 Å². The van der Waals surface area contributed by atoms with Crippen molar-refractivity contribution in [1.29, 1.82) is 0 Å². The van der Waals surface area contributed by atoms with Crippen molar-refractivity contribution in [3.05, 3.63) is 27.6 Å². The Kier molecular flexibility index (Phi) is 3.96. The van der Waals surface area contributed by atoms with Crippen LogP contribution in [0.5, 0.6) is 0 Å². The molecular formula is C13H13BrN4O4S. The van der Waals surface area contributed by atoms with Crippen molar-refractivity contribution >= 4 is 45.5 Å². The maximum atomic E-state index is 12.3. The number of aryl methyl sites for hydroxylation is 1. The molecular weight excluding hydrogens is 388 g/mol. The molecule has 0 saturated carbocycles. The van der Waals surface area contributed by atoms with E-state index in [1.54, 1.807) is 14.0 Å². The molecule has 0 spiro atoms. The number of aliphatic carboxylic acids is 1. The Hall–Kier alpha value is -1.81. The number of hydrogen-bond donors (Lipinski definition) is 2. The van der Waals surface area contributed by atoms with Crippen molar-refractivity contribution in [3.8, 4) is 0 Å². The van der Waals surface area contributed by atoms with Crippen LogP contribution >= 0.6 is 27.7 Å². The summed E-state index contributed by atoms with van der Waals surface area (Å²) in [4.78, 5) is 37.2. The quantitative estimate of drug-likeness (QED) is 0.718. The van der Waals surface area contributed by atoms with E-state index in [0.29, 0.717) is 21.5 Å². The summed E-state index contributed by atoms with van der Waals surface area (Å²) in [6.45, 7) is 1.69. The summed E-state index contributed by atoms with van der Waals surface area (Å²) in [5, 5.41) is 15.5. The third-order valence-electron chi connectivity index (χ3n) is 3.76. The first-order valence-electron chi connectivity index (χ1n) is 6.69. The second kappa shape index (κ2) is 5.68. The van der Waals surface area contributed by atoms with Crippen molar-refractivity contribution < 1.29 is 19.5 Å². The Balaban J connectivity index is 1.79. The lowest BCUT2D eigenvalue weighted by Crippen LogP contribution is -2.70. The Morgan fingerprint density at radius 3 is 2.78 bits per heavy atom. The van der Waals surface area contributed by atoms with Crippen LogP contribution in [0.2, 0.25) is 0 Å². The number of amides is 2. The molecule has 1 aromatic heterocycles. The van der Waals surface area contributed by atoms with Crippen LogP contribution in [0.25, 0.3) is 0 Å². The first-order chi connectivity index (χ1) is 10.8. The molecule has 0 unspecified atom stereocenters. The minimum absolute atomic E-state index is 0.0194. The molecule has 0 bridgehead atoms. The van der Waals surface area contributed by atoms with Gasteiger partial charge in [0.05, 0.1) is 10.7 Å². The number of hydrogen-bond acceptors (Lipinski definition) is 5. The van der Waals surface area contributed by atoms with E-state index < -0.39 is 29.2 Å². The lowest BCUT2D eigenvalue weighted by Gasteiger charge is -2.49. The largest absolute Gasteiger partial charge is 0.477 e. The summed E-state index contributed by atoms with van der Waals surface area (Å²) >= 11 is 4.67. The second-order valence-corrected chi connectivity index (χ2v) is 7.22. The molecule has 2 N–H and O–H groups in total. The number of β-lactam (4-membered cyclic amide) rings is 1. The van der Waals surface area contributed by atoms with Crippen LogP contribution in [0.1, 0.15) is 17.4 Å². The number of carbonyl (C=O) groups is 3. The number of fused-ring (bicyclic) bond motifs is 1. The maximum Gasteiger partial charge on any atom is 0.352 e. The SMILES string of the molecule is CC1=C(C(=O)O)N2C(=O)[C@H](NC(=O)c3c(Br)cnn3C)[C@H]2SC1. The van der Waals surface area contributed by atoms with E-state index in [1.807, 2.05) is 0 Å². The summed E-state index contributed by atoms with van der Waals surface area (Å²) in [6.07, 6.45) is 1.49. The molecule has 0 aromatic carbocycles. The molecule has 0 radical (unpaired) electrons. The van der Waals surface area contributed by atoms with Gasteiger partial charge >= 0.3 is 5.97 Å². The van der Waals surface area contributed by atoms with Gasteiger partial charge in [0.2, 0.25) is 0 Å². The van der Waals surface area contributed by atoms with Crippen LogP contribution < -0.4 is 5.32 Å². The van der Waals surface area contributed by atoms with E-state index >= 15 is 0 Å². The van der Waals surface area contributed by atoms with E-state index in [-0.39, 0.29) is 5.70 Å². The molecule has 3 heterocycles. The average molecular weight is 401 g/mol. The van der Waals surface area contributed by atoms with E-state index in [9.17, 15) is 19.5 Å². The third-order valence-corrected chi connectivity index (χ3v) is 5.76. The molecule has 1 saturated heterocycles.